The molecule has 0 aromatic rings. The van der Waals surface area contributed by atoms with Gasteiger partial charge in [0, 0.05) is 0 Å². The van der Waals surface area contributed by atoms with Gasteiger partial charge in [0.2, 0.25) is 0 Å². The molecule has 0 aromatic carbocycles. The molecule has 0 N–H and O–H groups in total. The molecular formula is I2O3Zr. The molecule has 0 aliphatic rings. The molecule has 0 saturated heterocycles. The fourth-order valence-corrected chi connectivity index (χ4v) is 0. The Labute approximate surface area is 79.2 Å². The van der Waals surface area contributed by atoms with Gasteiger partial charge < -0.3 is 6.87 Å². The van der Waals surface area contributed by atoms with Gasteiger partial charge in [-0.3, -0.25) is 0 Å². The van der Waals surface area contributed by atoms with Crippen molar-refractivity contribution in [2.45, 2.75) is 0 Å². The molecule has 0 fully saturated rings. The fourth-order valence-electron chi connectivity index (χ4n) is 0. The summed E-state index contributed by atoms with van der Waals surface area (Å²) < 4.78 is 24.8. The van der Waals surface area contributed by atoms with Crippen LogP contribution in [0.1, 0.15) is 0 Å². The molecule has 6 heteroatoms. The molecule has 0 bridgehead atoms. The summed E-state index contributed by atoms with van der Waals surface area (Å²) in [7, 11) is 0. The molecule has 36 valence electrons. The van der Waals surface area contributed by atoms with E-state index in [-0.39, 0.29) is 0 Å². The quantitative estimate of drug-likeness (QED) is 0.511. The van der Waals surface area contributed by atoms with E-state index < -0.39 is 0 Å². The first-order chi connectivity index (χ1) is 3.00. The summed E-state index contributed by atoms with van der Waals surface area (Å²) in [5.41, 5.74) is 0. The van der Waals surface area contributed by atoms with Crippen LogP contribution in [0.2, 0.25) is 0 Å². The second kappa shape index (κ2) is 61.0. The third kappa shape index (κ3) is 36.5. The summed E-state index contributed by atoms with van der Waals surface area (Å²) in [6, 6.07) is 0. The standard InChI is InChI=1S/2IO.O.Zr/c2*1-2;;/q2*-1;;+2. The van der Waals surface area contributed by atoms with Crippen LogP contribution in [0, 0.1) is 0 Å². The van der Waals surface area contributed by atoms with E-state index in [1.807, 2.05) is 0 Å². The minimum atomic E-state index is 0.300. The van der Waals surface area contributed by atoms with Crippen LogP contribution in [0.15, 0.2) is 0 Å². The molecule has 0 aromatic heterocycles. The van der Waals surface area contributed by atoms with Gasteiger partial charge in [-0.15, -0.1) is 0 Å². The van der Waals surface area contributed by atoms with Crippen LogP contribution in [0.5, 0.6) is 0 Å². The summed E-state index contributed by atoms with van der Waals surface area (Å²) in [4.78, 5) is 0. The van der Waals surface area contributed by atoms with E-state index >= 15 is 0 Å². The molecule has 3 nitrogen and oxygen atoms in total. The zero-order chi connectivity index (χ0) is 6.00. The van der Waals surface area contributed by atoms with Crippen LogP contribution in [0.4, 0.5) is 0 Å². The second-order valence-corrected chi connectivity index (χ2v) is 0. The Bertz CT molecular complexity index is 8.75. The van der Waals surface area contributed by atoms with Gasteiger partial charge >= 0.3 is 27.5 Å². The van der Waals surface area contributed by atoms with Gasteiger partial charge in [0.25, 0.3) is 0 Å². The van der Waals surface area contributed by atoms with Crippen LogP contribution in [-0.4, -0.2) is 0 Å². The van der Waals surface area contributed by atoms with Crippen molar-refractivity contribution >= 4 is 46.0 Å². The van der Waals surface area contributed by atoms with Crippen molar-refractivity contribution in [3.63, 3.8) is 0 Å². The first kappa shape index (κ1) is 15.7. The first-order valence-electron chi connectivity index (χ1n) is 0.513. The summed E-state index contributed by atoms with van der Waals surface area (Å²) in [5.74, 6) is 0. The molecule has 0 unspecified atom stereocenters. The summed E-state index contributed by atoms with van der Waals surface area (Å²) in [6.45, 7) is 0. The van der Waals surface area contributed by atoms with Crippen molar-refractivity contribution in [3.05, 3.63) is 0 Å². The third-order valence-corrected chi connectivity index (χ3v) is 0. The molecule has 0 rings (SSSR count). The average Bonchev–Trinajstić information content (AvgIpc) is 1.81. The number of hydrogen-bond donors (Lipinski definition) is 0. The summed E-state index contributed by atoms with van der Waals surface area (Å²) in [6.07, 6.45) is 0. The topological polar surface area (TPSA) is 63.2 Å². The van der Waals surface area contributed by atoms with E-state index in [0.29, 0.717) is 24.7 Å². The Hall–Kier alpha value is 2.06. The molecule has 0 heterocycles. The van der Waals surface area contributed by atoms with E-state index in [1.165, 1.54) is 0 Å². The predicted molar refractivity (Wildman–Crippen MR) is 28.7 cm³/mol. The Kier molecular flexibility index (Phi) is 160. The van der Waals surface area contributed by atoms with Gasteiger partial charge in [0.05, 0.1) is 0 Å². The molecule has 0 amide bonds. The number of rotatable bonds is 0. The van der Waals surface area contributed by atoms with Crippen LogP contribution in [0.25, 0.3) is 0 Å². The van der Waals surface area contributed by atoms with Gasteiger partial charge in [0.1, 0.15) is 0 Å². The number of hydrogen-bond acceptors (Lipinski definition) is 3. The summed E-state index contributed by atoms with van der Waals surface area (Å²) in [5, 5.41) is 0. The van der Waals surface area contributed by atoms with E-state index in [1.54, 1.807) is 0 Å². The van der Waals surface area contributed by atoms with Crippen LogP contribution in [-0.2, 0) is 27.5 Å². The predicted octanol–water partition coefficient (Wildman–Crippen LogP) is -0.728. The molecule has 0 radical (unpaired) electrons. The molecule has 0 atom stereocenters. The van der Waals surface area contributed by atoms with Gasteiger partial charge in [-0.25, -0.2) is 46.0 Å². The van der Waals surface area contributed by atoms with E-state index in [0.717, 1.165) is 46.0 Å². The van der Waals surface area contributed by atoms with Gasteiger partial charge in [-0.1, -0.05) is 0 Å². The van der Waals surface area contributed by atoms with Crippen molar-refractivity contribution in [1.82, 2.24) is 0 Å². The van der Waals surface area contributed by atoms with Crippen molar-refractivity contribution in [2.24, 2.45) is 0 Å². The summed E-state index contributed by atoms with van der Waals surface area (Å²) >= 11 is 2.10. The van der Waals surface area contributed by atoms with Crippen molar-refractivity contribution in [1.29, 1.82) is 0 Å². The number of halogens is 2. The first-order valence-corrected chi connectivity index (χ1v) is 3.28. The van der Waals surface area contributed by atoms with E-state index in [2.05, 4.69) is 0 Å². The Morgan fingerprint density at radius 2 is 1.00 bits per heavy atom. The van der Waals surface area contributed by atoms with Crippen molar-refractivity contribution in [2.75, 3.05) is 0 Å². The van der Waals surface area contributed by atoms with Crippen molar-refractivity contribution < 1.29 is 34.4 Å². The maximum atomic E-state index is 8.34. The molecule has 0 spiro atoms. The van der Waals surface area contributed by atoms with Gasteiger partial charge in [0.15, 0.2) is 0 Å². The van der Waals surface area contributed by atoms with E-state index in [9.17, 15) is 0 Å². The maximum absolute atomic E-state index is 8.34. The van der Waals surface area contributed by atoms with Crippen molar-refractivity contribution in [3.8, 4) is 0 Å². The van der Waals surface area contributed by atoms with Crippen LogP contribution < -0.4 is 6.87 Å². The van der Waals surface area contributed by atoms with E-state index in [4.69, 9.17) is 9.68 Å². The molecule has 0 aliphatic heterocycles. The average molecular weight is 393 g/mol. The molecule has 0 aliphatic carbocycles. The molecule has 0 saturated carbocycles. The third-order valence-electron chi connectivity index (χ3n) is 0. The molecular weight excluding hydrogens is 393 g/mol. The molecule has 6 heavy (non-hydrogen) atoms. The SMILES string of the molecule is [O-]I.[O-]I.[O]=[Zr+2]. The van der Waals surface area contributed by atoms with Gasteiger partial charge in [-0.05, 0) is 0 Å². The zero-order valence-corrected chi connectivity index (χ0v) is 9.25. The van der Waals surface area contributed by atoms with Crippen LogP contribution in [0.3, 0.4) is 0 Å². The van der Waals surface area contributed by atoms with Crippen LogP contribution >= 0.6 is 46.0 Å². The Balaban J connectivity index is -0.0000000225. The monoisotopic (exact) mass is 392 g/mol. The second-order valence-electron chi connectivity index (χ2n) is 0. The van der Waals surface area contributed by atoms with Gasteiger partial charge in [-0.2, -0.15) is 0 Å². The zero-order valence-electron chi connectivity index (χ0n) is 2.48. The fraction of sp³-hybridized carbons (Fsp3) is 0. The minimum absolute atomic E-state index is 0.300. The Morgan fingerprint density at radius 3 is 1.00 bits per heavy atom. The Morgan fingerprint density at radius 1 is 1.00 bits per heavy atom. The normalized spacial score (nSPS) is 3.00.